The average molecular weight is 192 g/mol. The monoisotopic (exact) mass is 192 g/mol. The maximum atomic E-state index is 11.5. The molecule has 2 heterocycles. The summed E-state index contributed by atoms with van der Waals surface area (Å²) in [6, 6.07) is 0. The van der Waals surface area contributed by atoms with Crippen molar-refractivity contribution in [3.8, 4) is 0 Å². The van der Waals surface area contributed by atoms with Gasteiger partial charge in [-0.1, -0.05) is 11.3 Å². The number of hydrogen-bond acceptors (Lipinski definition) is 3. The van der Waals surface area contributed by atoms with Gasteiger partial charge >= 0.3 is 0 Å². The van der Waals surface area contributed by atoms with Gasteiger partial charge in [0.15, 0.2) is 0 Å². The van der Waals surface area contributed by atoms with Crippen molar-refractivity contribution >= 4 is 5.91 Å². The first-order valence-corrected chi connectivity index (χ1v) is 4.60. The molecule has 1 aromatic rings. The lowest BCUT2D eigenvalue weighted by Gasteiger charge is -2.25. The first kappa shape index (κ1) is 8.93. The van der Waals surface area contributed by atoms with Crippen LogP contribution >= 0.6 is 0 Å². The van der Waals surface area contributed by atoms with Gasteiger partial charge in [0.05, 0.1) is 25.0 Å². The number of nitrogens with zero attached hydrogens (tertiary/aromatic N) is 4. The Labute approximate surface area is 82.0 Å². The minimum Gasteiger partial charge on any atom is -0.331 e. The van der Waals surface area contributed by atoms with E-state index in [-0.39, 0.29) is 5.91 Å². The predicted octanol–water partition coefficient (Wildman–Crippen LogP) is 0.196. The molecule has 1 aliphatic heterocycles. The number of fused-ring (bicyclic) bond motifs is 1. The second kappa shape index (κ2) is 3.61. The molecule has 1 aliphatic rings. The molecule has 0 fully saturated rings. The van der Waals surface area contributed by atoms with Gasteiger partial charge in [0, 0.05) is 6.54 Å². The highest BCUT2D eigenvalue weighted by Crippen LogP contribution is 2.09. The van der Waals surface area contributed by atoms with Gasteiger partial charge in [0.25, 0.3) is 0 Å². The summed E-state index contributed by atoms with van der Waals surface area (Å²) in [7, 11) is 0. The minimum atomic E-state index is 0.0555. The molecule has 5 heteroatoms. The van der Waals surface area contributed by atoms with Crippen LogP contribution in [0, 0.1) is 0 Å². The lowest BCUT2D eigenvalue weighted by molar-refractivity contribution is -0.127. The SMILES string of the molecule is CC=CC(=O)N1CCn2nncc2C1. The topological polar surface area (TPSA) is 51.0 Å². The fourth-order valence-electron chi connectivity index (χ4n) is 1.52. The van der Waals surface area contributed by atoms with Crippen molar-refractivity contribution in [1.82, 2.24) is 19.9 Å². The Morgan fingerprint density at radius 3 is 3.21 bits per heavy atom. The summed E-state index contributed by atoms with van der Waals surface area (Å²) in [5, 5.41) is 7.71. The van der Waals surface area contributed by atoms with Gasteiger partial charge in [-0.25, -0.2) is 4.68 Å². The van der Waals surface area contributed by atoms with E-state index in [9.17, 15) is 4.79 Å². The molecule has 1 amide bonds. The molecule has 0 saturated carbocycles. The normalized spacial score (nSPS) is 15.9. The summed E-state index contributed by atoms with van der Waals surface area (Å²) < 4.78 is 1.83. The third-order valence-corrected chi connectivity index (χ3v) is 2.25. The molecule has 0 N–H and O–H groups in total. The molecule has 5 nitrogen and oxygen atoms in total. The summed E-state index contributed by atoms with van der Waals surface area (Å²) >= 11 is 0. The van der Waals surface area contributed by atoms with Gasteiger partial charge in [-0.3, -0.25) is 4.79 Å². The molecule has 2 rings (SSSR count). The molecular weight excluding hydrogens is 180 g/mol. The van der Waals surface area contributed by atoms with Crippen LogP contribution in [0.1, 0.15) is 12.6 Å². The molecule has 74 valence electrons. The molecular formula is C9H12N4O. The van der Waals surface area contributed by atoms with E-state index in [0.29, 0.717) is 13.1 Å². The van der Waals surface area contributed by atoms with Crippen LogP contribution in [-0.4, -0.2) is 32.3 Å². The minimum absolute atomic E-state index is 0.0555. The smallest absolute Gasteiger partial charge is 0.246 e. The Morgan fingerprint density at radius 2 is 2.43 bits per heavy atom. The first-order valence-electron chi connectivity index (χ1n) is 4.60. The summed E-state index contributed by atoms with van der Waals surface area (Å²) in [5.74, 6) is 0.0555. The average Bonchev–Trinajstić information content (AvgIpc) is 2.64. The number of hydrogen-bond donors (Lipinski definition) is 0. The second-order valence-electron chi connectivity index (χ2n) is 3.21. The van der Waals surface area contributed by atoms with Crippen molar-refractivity contribution in [3.05, 3.63) is 24.0 Å². The van der Waals surface area contributed by atoms with Crippen LogP contribution in [0.2, 0.25) is 0 Å². The van der Waals surface area contributed by atoms with Gasteiger partial charge in [-0.2, -0.15) is 0 Å². The van der Waals surface area contributed by atoms with Crippen molar-refractivity contribution in [2.24, 2.45) is 0 Å². The largest absolute Gasteiger partial charge is 0.331 e. The van der Waals surface area contributed by atoms with Gasteiger partial charge in [-0.05, 0) is 13.0 Å². The fourth-order valence-corrected chi connectivity index (χ4v) is 1.52. The van der Waals surface area contributed by atoms with Crippen molar-refractivity contribution in [2.45, 2.75) is 20.0 Å². The van der Waals surface area contributed by atoms with Gasteiger partial charge < -0.3 is 4.90 Å². The van der Waals surface area contributed by atoms with Gasteiger partial charge in [0.2, 0.25) is 5.91 Å². The Kier molecular flexibility index (Phi) is 2.30. The lowest BCUT2D eigenvalue weighted by atomic mass is 10.3. The Bertz CT molecular complexity index is 369. The zero-order chi connectivity index (χ0) is 9.97. The summed E-state index contributed by atoms with van der Waals surface area (Å²) in [4.78, 5) is 13.3. The number of rotatable bonds is 1. The van der Waals surface area contributed by atoms with E-state index in [1.807, 2.05) is 11.6 Å². The quantitative estimate of drug-likeness (QED) is 0.597. The maximum absolute atomic E-state index is 11.5. The van der Waals surface area contributed by atoms with Gasteiger partial charge in [0.1, 0.15) is 0 Å². The molecule has 0 aromatic carbocycles. The van der Waals surface area contributed by atoms with Crippen molar-refractivity contribution in [1.29, 1.82) is 0 Å². The third kappa shape index (κ3) is 1.53. The number of amides is 1. The van der Waals surface area contributed by atoms with Crippen LogP contribution in [0.3, 0.4) is 0 Å². The van der Waals surface area contributed by atoms with E-state index in [4.69, 9.17) is 0 Å². The highest BCUT2D eigenvalue weighted by Gasteiger charge is 2.19. The Morgan fingerprint density at radius 1 is 1.57 bits per heavy atom. The molecule has 14 heavy (non-hydrogen) atoms. The number of carbonyl (C=O) groups is 1. The summed E-state index contributed by atoms with van der Waals surface area (Å²) in [6.45, 7) is 3.89. The Balaban J connectivity index is 2.11. The Hall–Kier alpha value is -1.65. The lowest BCUT2D eigenvalue weighted by Crippen LogP contribution is -2.37. The van der Waals surface area contributed by atoms with Crippen LogP contribution in [0.4, 0.5) is 0 Å². The second-order valence-corrected chi connectivity index (χ2v) is 3.21. The van der Waals surface area contributed by atoms with E-state index >= 15 is 0 Å². The van der Waals surface area contributed by atoms with Gasteiger partial charge in [-0.15, -0.1) is 5.10 Å². The van der Waals surface area contributed by atoms with E-state index in [0.717, 1.165) is 12.2 Å². The molecule has 0 spiro atoms. The number of aromatic nitrogens is 3. The highest BCUT2D eigenvalue weighted by molar-refractivity contribution is 5.87. The third-order valence-electron chi connectivity index (χ3n) is 2.25. The van der Waals surface area contributed by atoms with Crippen molar-refractivity contribution in [3.63, 3.8) is 0 Å². The van der Waals surface area contributed by atoms with E-state index in [1.165, 1.54) is 0 Å². The molecule has 0 bridgehead atoms. The molecule has 0 radical (unpaired) electrons. The molecule has 0 aliphatic carbocycles. The molecule has 0 unspecified atom stereocenters. The van der Waals surface area contributed by atoms with Crippen molar-refractivity contribution < 1.29 is 4.79 Å². The zero-order valence-corrected chi connectivity index (χ0v) is 8.05. The van der Waals surface area contributed by atoms with Crippen LogP contribution in [-0.2, 0) is 17.9 Å². The standard InChI is InChI=1S/C9H12N4O/c1-2-3-9(14)12-4-5-13-8(7-12)6-10-11-13/h2-3,6H,4-5,7H2,1H3. The molecule has 0 atom stereocenters. The molecule has 0 saturated heterocycles. The van der Waals surface area contributed by atoms with Crippen molar-refractivity contribution in [2.75, 3.05) is 6.54 Å². The predicted molar refractivity (Wildman–Crippen MR) is 50.3 cm³/mol. The fraction of sp³-hybridized carbons (Fsp3) is 0.444. The van der Waals surface area contributed by atoms with Crippen LogP contribution in [0.25, 0.3) is 0 Å². The summed E-state index contributed by atoms with van der Waals surface area (Å²) in [6.07, 6.45) is 5.04. The maximum Gasteiger partial charge on any atom is 0.246 e. The van der Waals surface area contributed by atoms with E-state index < -0.39 is 0 Å². The van der Waals surface area contributed by atoms with E-state index in [2.05, 4.69) is 10.3 Å². The number of allylic oxidation sites excluding steroid dienone is 1. The number of carbonyl (C=O) groups excluding carboxylic acids is 1. The first-order chi connectivity index (χ1) is 6.81. The van der Waals surface area contributed by atoms with Crippen LogP contribution in [0.15, 0.2) is 18.3 Å². The zero-order valence-electron chi connectivity index (χ0n) is 8.05. The molecule has 1 aromatic heterocycles. The van der Waals surface area contributed by atoms with E-state index in [1.54, 1.807) is 23.2 Å². The summed E-state index contributed by atoms with van der Waals surface area (Å²) in [5.41, 5.74) is 0.995. The van der Waals surface area contributed by atoms with Crippen LogP contribution in [0.5, 0.6) is 0 Å². The van der Waals surface area contributed by atoms with Crippen LogP contribution < -0.4 is 0 Å². The highest BCUT2D eigenvalue weighted by atomic mass is 16.2.